The summed E-state index contributed by atoms with van der Waals surface area (Å²) >= 11 is 7.39. The molecule has 0 bridgehead atoms. The smallest absolute Gasteiger partial charge is 0.234 e. The number of aryl methyl sites for hydroxylation is 1. The Balaban J connectivity index is 1.58. The molecule has 0 fully saturated rings. The Morgan fingerprint density at radius 1 is 1.25 bits per heavy atom. The molecule has 3 rings (SSSR count). The minimum atomic E-state index is -0.151. The van der Waals surface area contributed by atoms with Crippen LogP contribution in [0.2, 0.25) is 5.02 Å². The summed E-state index contributed by atoms with van der Waals surface area (Å²) in [5.74, 6) is 0.0602. The van der Waals surface area contributed by atoms with E-state index in [1.807, 2.05) is 49.4 Å². The molecule has 0 aliphatic rings. The fourth-order valence-electron chi connectivity index (χ4n) is 2.06. The number of benzene rings is 2. The van der Waals surface area contributed by atoms with Crippen molar-refractivity contribution >= 4 is 35.0 Å². The number of carbonyl (C=O) groups excluding carboxylic acids is 1. The van der Waals surface area contributed by atoms with Gasteiger partial charge in [-0.3, -0.25) is 4.79 Å². The van der Waals surface area contributed by atoms with E-state index in [1.54, 1.807) is 17.1 Å². The second-order valence-electron chi connectivity index (χ2n) is 5.13. The van der Waals surface area contributed by atoms with Gasteiger partial charge in [0.25, 0.3) is 0 Å². The summed E-state index contributed by atoms with van der Waals surface area (Å²) < 4.78 is 1.68. The maximum Gasteiger partial charge on any atom is 0.234 e. The van der Waals surface area contributed by atoms with E-state index in [0.29, 0.717) is 15.9 Å². The highest BCUT2D eigenvalue weighted by Gasteiger charge is 2.09. The van der Waals surface area contributed by atoms with Gasteiger partial charge in [0.2, 0.25) is 11.1 Å². The number of anilines is 1. The van der Waals surface area contributed by atoms with Crippen LogP contribution in [0.5, 0.6) is 0 Å². The van der Waals surface area contributed by atoms with Crippen molar-refractivity contribution in [3.63, 3.8) is 0 Å². The molecular formula is C17H15ClN4OS. The first kappa shape index (κ1) is 16.5. The molecule has 7 heteroatoms. The first-order valence-electron chi connectivity index (χ1n) is 7.28. The zero-order valence-corrected chi connectivity index (χ0v) is 14.5. The fraction of sp³-hybridized carbons (Fsp3) is 0.118. The van der Waals surface area contributed by atoms with Crippen molar-refractivity contribution in [1.82, 2.24) is 14.8 Å². The van der Waals surface area contributed by atoms with Gasteiger partial charge in [0.05, 0.1) is 22.2 Å². The van der Waals surface area contributed by atoms with Crippen LogP contribution in [0.3, 0.4) is 0 Å². The van der Waals surface area contributed by atoms with Gasteiger partial charge in [0.1, 0.15) is 6.33 Å². The first-order chi connectivity index (χ1) is 11.6. The van der Waals surface area contributed by atoms with Crippen LogP contribution in [0.4, 0.5) is 5.69 Å². The van der Waals surface area contributed by atoms with Gasteiger partial charge in [-0.15, -0.1) is 5.10 Å². The van der Waals surface area contributed by atoms with E-state index in [2.05, 4.69) is 15.4 Å². The molecule has 1 amide bonds. The van der Waals surface area contributed by atoms with Crippen molar-refractivity contribution in [2.75, 3.05) is 11.1 Å². The van der Waals surface area contributed by atoms with Crippen LogP contribution in [0, 0.1) is 6.92 Å². The average Bonchev–Trinajstić information content (AvgIpc) is 3.05. The predicted octanol–water partition coefficient (Wildman–Crippen LogP) is 3.96. The van der Waals surface area contributed by atoms with E-state index in [9.17, 15) is 4.79 Å². The molecule has 2 aromatic carbocycles. The minimum Gasteiger partial charge on any atom is -0.324 e. The van der Waals surface area contributed by atoms with E-state index < -0.39 is 0 Å². The average molecular weight is 359 g/mol. The molecule has 0 saturated heterocycles. The summed E-state index contributed by atoms with van der Waals surface area (Å²) in [5, 5.41) is 8.22. The van der Waals surface area contributed by atoms with Gasteiger partial charge in [-0.05, 0) is 36.8 Å². The standard InChI is InChI=1S/C17H15ClN4OS/c1-12-7-8-15(14(18)9-12)20-16(23)10-24-17-19-11-22(21-17)13-5-3-2-4-6-13/h2-9,11H,10H2,1H3,(H,20,23). The monoisotopic (exact) mass is 358 g/mol. The molecule has 1 N–H and O–H groups in total. The van der Waals surface area contributed by atoms with Gasteiger partial charge in [-0.1, -0.05) is 47.6 Å². The Bertz CT molecular complexity index is 851. The van der Waals surface area contributed by atoms with Crippen LogP contribution in [0.1, 0.15) is 5.56 Å². The quantitative estimate of drug-likeness (QED) is 0.701. The molecule has 0 saturated carbocycles. The molecule has 122 valence electrons. The Labute approximate surface area is 149 Å². The Kier molecular flexibility index (Phi) is 5.17. The second-order valence-corrected chi connectivity index (χ2v) is 6.48. The lowest BCUT2D eigenvalue weighted by Gasteiger charge is -2.07. The second kappa shape index (κ2) is 7.51. The third-order valence-electron chi connectivity index (χ3n) is 3.22. The lowest BCUT2D eigenvalue weighted by atomic mass is 10.2. The number of hydrogen-bond acceptors (Lipinski definition) is 4. The number of halogens is 1. The number of hydrogen-bond donors (Lipinski definition) is 1. The Morgan fingerprint density at radius 3 is 2.79 bits per heavy atom. The summed E-state index contributed by atoms with van der Waals surface area (Å²) in [7, 11) is 0. The number of aromatic nitrogens is 3. The third-order valence-corrected chi connectivity index (χ3v) is 4.39. The maximum atomic E-state index is 12.0. The van der Waals surface area contributed by atoms with Crippen LogP contribution < -0.4 is 5.32 Å². The number of rotatable bonds is 5. The highest BCUT2D eigenvalue weighted by Crippen LogP contribution is 2.23. The lowest BCUT2D eigenvalue weighted by Crippen LogP contribution is -2.14. The maximum absolute atomic E-state index is 12.0. The summed E-state index contributed by atoms with van der Waals surface area (Å²) in [6.45, 7) is 1.95. The highest BCUT2D eigenvalue weighted by atomic mass is 35.5. The van der Waals surface area contributed by atoms with E-state index in [-0.39, 0.29) is 11.7 Å². The topological polar surface area (TPSA) is 59.8 Å². The van der Waals surface area contributed by atoms with Gasteiger partial charge in [0, 0.05) is 0 Å². The molecule has 0 aliphatic heterocycles. The van der Waals surface area contributed by atoms with Gasteiger partial charge in [-0.2, -0.15) is 0 Å². The van der Waals surface area contributed by atoms with E-state index in [1.165, 1.54) is 11.8 Å². The normalized spacial score (nSPS) is 10.6. The zero-order valence-electron chi connectivity index (χ0n) is 12.9. The highest BCUT2D eigenvalue weighted by molar-refractivity contribution is 7.99. The number of thioether (sulfide) groups is 1. The van der Waals surface area contributed by atoms with Crippen molar-refractivity contribution < 1.29 is 4.79 Å². The number of amides is 1. The summed E-state index contributed by atoms with van der Waals surface area (Å²) in [4.78, 5) is 16.3. The number of carbonyl (C=O) groups is 1. The SMILES string of the molecule is Cc1ccc(NC(=O)CSc2ncn(-c3ccccc3)n2)c(Cl)c1. The van der Waals surface area contributed by atoms with Crippen molar-refractivity contribution in [2.24, 2.45) is 0 Å². The van der Waals surface area contributed by atoms with E-state index >= 15 is 0 Å². The van der Waals surface area contributed by atoms with Crippen LogP contribution >= 0.6 is 23.4 Å². The Hall–Kier alpha value is -2.31. The van der Waals surface area contributed by atoms with Crippen LogP contribution in [0.15, 0.2) is 60.0 Å². The zero-order chi connectivity index (χ0) is 16.9. The van der Waals surface area contributed by atoms with E-state index in [0.717, 1.165) is 11.3 Å². The first-order valence-corrected chi connectivity index (χ1v) is 8.64. The van der Waals surface area contributed by atoms with E-state index in [4.69, 9.17) is 11.6 Å². The van der Waals surface area contributed by atoms with Gasteiger partial charge in [-0.25, -0.2) is 9.67 Å². The fourth-order valence-corrected chi connectivity index (χ4v) is 2.94. The summed E-state index contributed by atoms with van der Waals surface area (Å²) in [6, 6.07) is 15.2. The molecule has 0 spiro atoms. The predicted molar refractivity (Wildman–Crippen MR) is 96.9 cm³/mol. The van der Waals surface area contributed by atoms with Crippen LogP contribution in [-0.2, 0) is 4.79 Å². The molecule has 0 aliphatic carbocycles. The Morgan fingerprint density at radius 2 is 2.04 bits per heavy atom. The summed E-state index contributed by atoms with van der Waals surface area (Å²) in [6.07, 6.45) is 1.63. The van der Waals surface area contributed by atoms with Crippen molar-refractivity contribution in [3.8, 4) is 5.69 Å². The molecule has 1 aromatic heterocycles. The minimum absolute atomic E-state index is 0.151. The van der Waals surface area contributed by atoms with Gasteiger partial charge >= 0.3 is 0 Å². The molecule has 24 heavy (non-hydrogen) atoms. The number of nitrogens with zero attached hydrogens (tertiary/aromatic N) is 3. The molecule has 0 atom stereocenters. The largest absolute Gasteiger partial charge is 0.324 e. The third kappa shape index (κ3) is 4.15. The van der Waals surface area contributed by atoms with Crippen molar-refractivity contribution in [3.05, 3.63) is 65.4 Å². The number of para-hydroxylation sites is 1. The number of nitrogens with one attached hydrogen (secondary N) is 1. The van der Waals surface area contributed by atoms with Crippen molar-refractivity contribution in [2.45, 2.75) is 12.1 Å². The molecule has 5 nitrogen and oxygen atoms in total. The van der Waals surface area contributed by atoms with Crippen molar-refractivity contribution in [1.29, 1.82) is 0 Å². The lowest BCUT2D eigenvalue weighted by molar-refractivity contribution is -0.113. The molecular weight excluding hydrogens is 344 g/mol. The molecule has 0 radical (unpaired) electrons. The molecule has 3 aromatic rings. The van der Waals surface area contributed by atoms with Gasteiger partial charge < -0.3 is 5.32 Å². The van der Waals surface area contributed by atoms with Gasteiger partial charge in [0.15, 0.2) is 0 Å². The van der Waals surface area contributed by atoms with Crippen LogP contribution in [0.25, 0.3) is 5.69 Å². The molecule has 0 unspecified atom stereocenters. The molecule has 1 heterocycles. The summed E-state index contributed by atoms with van der Waals surface area (Å²) in [5.41, 5.74) is 2.58. The van der Waals surface area contributed by atoms with Crippen LogP contribution in [-0.4, -0.2) is 26.4 Å².